The monoisotopic (exact) mass is 664 g/mol. The van der Waals surface area contributed by atoms with Crippen LogP contribution >= 0.6 is 0 Å². The molecule has 0 N–H and O–H groups in total. The zero-order valence-corrected chi connectivity index (χ0v) is 29.2. The Labute approximate surface area is 303 Å². The number of hydrogen-bond donors (Lipinski definition) is 0. The highest BCUT2D eigenvalue weighted by Gasteiger charge is 2.18. The van der Waals surface area contributed by atoms with Crippen molar-refractivity contribution in [2.24, 2.45) is 0 Å². The summed E-state index contributed by atoms with van der Waals surface area (Å²) in [5.74, 6) is 0. The van der Waals surface area contributed by atoms with Gasteiger partial charge in [-0.05, 0) is 113 Å². The molecule has 0 bridgehead atoms. The largest absolute Gasteiger partial charge is 0.309 e. The molecule has 0 aliphatic rings. The molecule has 2 nitrogen and oxygen atoms in total. The maximum atomic E-state index is 2.45. The first kappa shape index (κ1) is 30.2. The second-order valence-electron chi connectivity index (χ2n) is 13.8. The summed E-state index contributed by atoms with van der Waals surface area (Å²) in [5.41, 5.74) is 17.2. The van der Waals surface area contributed by atoms with Crippen molar-refractivity contribution in [3.05, 3.63) is 193 Å². The van der Waals surface area contributed by atoms with Gasteiger partial charge in [0.25, 0.3) is 0 Å². The highest BCUT2D eigenvalue weighted by atomic mass is 15.0. The predicted molar refractivity (Wildman–Crippen MR) is 221 cm³/mol. The minimum Gasteiger partial charge on any atom is -0.309 e. The van der Waals surface area contributed by atoms with Crippen molar-refractivity contribution in [1.82, 2.24) is 9.13 Å². The summed E-state index contributed by atoms with van der Waals surface area (Å²) in [6.45, 7) is 4.46. The van der Waals surface area contributed by atoms with Crippen molar-refractivity contribution >= 4 is 43.6 Å². The molecule has 2 aromatic heterocycles. The van der Waals surface area contributed by atoms with E-state index >= 15 is 0 Å². The molecule has 0 aliphatic heterocycles. The van der Waals surface area contributed by atoms with E-state index in [1.54, 1.807) is 0 Å². The molecule has 2 heteroatoms. The zero-order chi connectivity index (χ0) is 34.8. The molecule has 0 atom stereocenters. The summed E-state index contributed by atoms with van der Waals surface area (Å²) in [7, 11) is 0. The summed E-state index contributed by atoms with van der Waals surface area (Å²) in [6.07, 6.45) is 0. The van der Waals surface area contributed by atoms with Crippen molar-refractivity contribution in [2.45, 2.75) is 13.8 Å². The van der Waals surface area contributed by atoms with E-state index in [4.69, 9.17) is 0 Å². The fourth-order valence-electron chi connectivity index (χ4n) is 8.33. The number of para-hydroxylation sites is 2. The van der Waals surface area contributed by atoms with E-state index in [-0.39, 0.29) is 0 Å². The van der Waals surface area contributed by atoms with Crippen LogP contribution in [0, 0.1) is 13.8 Å². The van der Waals surface area contributed by atoms with Crippen LogP contribution in [0.4, 0.5) is 0 Å². The van der Waals surface area contributed by atoms with Crippen LogP contribution in [0.1, 0.15) is 11.1 Å². The summed E-state index contributed by atoms with van der Waals surface area (Å²) in [5, 5.41) is 5.03. The van der Waals surface area contributed by atoms with Crippen LogP contribution in [-0.4, -0.2) is 9.13 Å². The average molecular weight is 665 g/mol. The number of rotatable bonds is 5. The van der Waals surface area contributed by atoms with E-state index in [1.807, 2.05) is 0 Å². The Morgan fingerprint density at radius 1 is 0.327 bits per heavy atom. The fourth-order valence-corrected chi connectivity index (χ4v) is 8.33. The van der Waals surface area contributed by atoms with Gasteiger partial charge < -0.3 is 9.13 Å². The van der Waals surface area contributed by atoms with Gasteiger partial charge in [-0.15, -0.1) is 0 Å². The second kappa shape index (κ2) is 12.0. The van der Waals surface area contributed by atoms with E-state index in [0.717, 1.165) is 5.69 Å². The normalized spacial score (nSPS) is 11.7. The summed E-state index contributed by atoms with van der Waals surface area (Å²) in [4.78, 5) is 0. The summed E-state index contributed by atoms with van der Waals surface area (Å²) in [6, 6.07) is 66.5. The van der Waals surface area contributed by atoms with Crippen LogP contribution in [0.25, 0.3) is 88.4 Å². The van der Waals surface area contributed by atoms with E-state index < -0.39 is 0 Å². The van der Waals surface area contributed by atoms with Crippen LogP contribution < -0.4 is 0 Å². The predicted octanol–water partition coefficient (Wildman–Crippen LogP) is 13.5. The molecule has 0 saturated carbocycles. The Morgan fingerprint density at radius 2 is 0.846 bits per heavy atom. The first-order valence-electron chi connectivity index (χ1n) is 18.0. The average Bonchev–Trinajstić information content (AvgIpc) is 3.71. The van der Waals surface area contributed by atoms with E-state index in [0.29, 0.717) is 0 Å². The Balaban J connectivity index is 1.13. The summed E-state index contributed by atoms with van der Waals surface area (Å²) >= 11 is 0. The maximum Gasteiger partial charge on any atom is 0.0541 e. The van der Waals surface area contributed by atoms with Crippen LogP contribution in [0.15, 0.2) is 182 Å². The number of nitrogens with zero attached hydrogens (tertiary/aromatic N) is 2. The Hall–Kier alpha value is -6.64. The maximum absolute atomic E-state index is 2.45. The summed E-state index contributed by atoms with van der Waals surface area (Å²) < 4.78 is 4.86. The molecule has 0 radical (unpaired) electrons. The lowest BCUT2D eigenvalue weighted by molar-refractivity contribution is 1.15. The highest BCUT2D eigenvalue weighted by Crippen LogP contribution is 2.40. The SMILES string of the molecule is Cc1ccccc1-c1cccc(-n2c3ccccc3c3cc(-c4ccc5c(c4)c4ccccc4n5-c4cccc(-c5ccccc5)c4)ccc32)c1C. The first-order chi connectivity index (χ1) is 25.6. The quantitative estimate of drug-likeness (QED) is 0.173. The first-order valence-corrected chi connectivity index (χ1v) is 18.0. The molecular formula is C50H36N2. The van der Waals surface area contributed by atoms with Gasteiger partial charge in [0.15, 0.2) is 0 Å². The molecule has 52 heavy (non-hydrogen) atoms. The number of fused-ring (bicyclic) bond motifs is 6. The smallest absolute Gasteiger partial charge is 0.0541 e. The minimum atomic E-state index is 1.16. The lowest BCUT2D eigenvalue weighted by Gasteiger charge is -2.16. The molecule has 0 spiro atoms. The van der Waals surface area contributed by atoms with E-state index in [1.165, 1.54) is 93.8 Å². The van der Waals surface area contributed by atoms with Crippen LogP contribution in [0.2, 0.25) is 0 Å². The van der Waals surface area contributed by atoms with Crippen molar-refractivity contribution < 1.29 is 0 Å². The lowest BCUT2D eigenvalue weighted by Crippen LogP contribution is -1.99. The van der Waals surface area contributed by atoms with Crippen LogP contribution in [-0.2, 0) is 0 Å². The minimum absolute atomic E-state index is 1.16. The Bertz CT molecular complexity index is 2980. The van der Waals surface area contributed by atoms with Crippen molar-refractivity contribution in [2.75, 3.05) is 0 Å². The molecule has 10 aromatic rings. The molecule has 246 valence electrons. The number of aryl methyl sites for hydroxylation is 1. The van der Waals surface area contributed by atoms with E-state index in [9.17, 15) is 0 Å². The van der Waals surface area contributed by atoms with Crippen LogP contribution in [0.3, 0.4) is 0 Å². The molecule has 0 saturated heterocycles. The Morgan fingerprint density at radius 3 is 1.56 bits per heavy atom. The van der Waals surface area contributed by atoms with Gasteiger partial charge in [0, 0.05) is 32.9 Å². The van der Waals surface area contributed by atoms with Crippen LogP contribution in [0.5, 0.6) is 0 Å². The number of benzene rings is 8. The van der Waals surface area contributed by atoms with Crippen molar-refractivity contribution in [1.29, 1.82) is 0 Å². The van der Waals surface area contributed by atoms with Crippen molar-refractivity contribution in [3.63, 3.8) is 0 Å². The van der Waals surface area contributed by atoms with E-state index in [2.05, 4.69) is 205 Å². The van der Waals surface area contributed by atoms with Crippen molar-refractivity contribution in [3.8, 4) is 44.8 Å². The topological polar surface area (TPSA) is 9.86 Å². The molecule has 0 fully saturated rings. The third-order valence-electron chi connectivity index (χ3n) is 10.9. The zero-order valence-electron chi connectivity index (χ0n) is 29.2. The lowest BCUT2D eigenvalue weighted by atomic mass is 9.95. The van der Waals surface area contributed by atoms with Gasteiger partial charge in [0.1, 0.15) is 0 Å². The highest BCUT2D eigenvalue weighted by molar-refractivity contribution is 6.13. The third kappa shape index (κ3) is 4.72. The third-order valence-corrected chi connectivity index (χ3v) is 10.9. The van der Waals surface area contributed by atoms with Gasteiger partial charge in [0.05, 0.1) is 22.1 Å². The molecule has 0 unspecified atom stereocenters. The molecule has 0 aliphatic carbocycles. The molecule has 10 rings (SSSR count). The number of hydrogen-bond acceptors (Lipinski definition) is 0. The van der Waals surface area contributed by atoms with Gasteiger partial charge in [-0.3, -0.25) is 0 Å². The van der Waals surface area contributed by atoms with Gasteiger partial charge in [0.2, 0.25) is 0 Å². The molecule has 2 heterocycles. The van der Waals surface area contributed by atoms with Gasteiger partial charge in [-0.1, -0.05) is 127 Å². The Kier molecular flexibility index (Phi) is 6.97. The second-order valence-corrected chi connectivity index (χ2v) is 13.8. The number of aromatic nitrogens is 2. The molecule has 0 amide bonds. The van der Waals surface area contributed by atoms with Gasteiger partial charge in [-0.25, -0.2) is 0 Å². The van der Waals surface area contributed by atoms with Gasteiger partial charge in [-0.2, -0.15) is 0 Å². The van der Waals surface area contributed by atoms with Gasteiger partial charge >= 0.3 is 0 Å². The fraction of sp³-hybridized carbons (Fsp3) is 0.0400. The molecular weight excluding hydrogens is 629 g/mol. The molecule has 8 aromatic carbocycles. The standard InChI is InChI=1S/C50H36N2/c1-33-14-6-7-19-40(33)41-22-13-25-46(34(41)2)52-48-24-11-9-21-43(48)45-32-38(27-29-50(45)52)37-26-28-49-44(31-37)42-20-8-10-23-47(42)51(49)39-18-12-17-36(30-39)35-15-4-3-5-16-35/h3-32H,1-2H3.